The summed E-state index contributed by atoms with van der Waals surface area (Å²) in [5.74, 6) is 0.540. The van der Waals surface area contributed by atoms with Gasteiger partial charge in [-0.2, -0.15) is 4.98 Å². The highest BCUT2D eigenvalue weighted by atomic mass is 35.5. The number of hydrogen-bond acceptors (Lipinski definition) is 5. The lowest BCUT2D eigenvalue weighted by molar-refractivity contribution is 0.314. The van der Waals surface area contributed by atoms with Crippen LogP contribution in [0.25, 0.3) is 11.4 Å². The fourth-order valence-corrected chi connectivity index (χ4v) is 2.09. The summed E-state index contributed by atoms with van der Waals surface area (Å²) >= 11 is 5.94. The van der Waals surface area contributed by atoms with Gasteiger partial charge in [0.2, 0.25) is 5.82 Å². The quantitative estimate of drug-likeness (QED) is 0.850. The number of halogens is 1. The number of hydrogen-bond donors (Lipinski definition) is 1. The predicted octanol–water partition coefficient (Wildman–Crippen LogP) is 3.14. The zero-order valence-electron chi connectivity index (χ0n) is 11.8. The second kappa shape index (κ2) is 7.26. The van der Waals surface area contributed by atoms with Gasteiger partial charge in [-0.25, -0.2) is 0 Å². The lowest BCUT2D eigenvalue weighted by Crippen LogP contribution is -2.28. The average Bonchev–Trinajstić information content (AvgIpc) is 2.92. The molecule has 0 saturated carbocycles. The first-order chi connectivity index (χ1) is 9.72. The van der Waals surface area contributed by atoms with E-state index in [1.54, 1.807) is 0 Å². The third kappa shape index (κ3) is 3.95. The van der Waals surface area contributed by atoms with Crippen LogP contribution in [0, 0.1) is 0 Å². The summed E-state index contributed by atoms with van der Waals surface area (Å²) in [6.45, 7) is 8.09. The van der Waals surface area contributed by atoms with Crippen LogP contribution < -0.4 is 5.32 Å². The van der Waals surface area contributed by atoms with E-state index >= 15 is 0 Å². The van der Waals surface area contributed by atoms with E-state index in [2.05, 4.69) is 34.2 Å². The van der Waals surface area contributed by atoms with Crippen molar-refractivity contribution in [3.05, 3.63) is 29.3 Å². The molecule has 1 N–H and O–H groups in total. The molecule has 0 atom stereocenters. The van der Waals surface area contributed by atoms with Gasteiger partial charge in [-0.3, -0.25) is 0 Å². The lowest BCUT2D eigenvalue weighted by atomic mass is 10.2. The number of likely N-dealkylation sites (N-methyl/N-ethyl adjacent to an activating group) is 1. The van der Waals surface area contributed by atoms with E-state index in [1.165, 1.54) is 0 Å². The number of anilines is 1. The Morgan fingerprint density at radius 3 is 2.80 bits per heavy atom. The SMILES string of the molecule is CCN(CC)CCNc1nc(-c2cccc(Cl)c2)no1. The van der Waals surface area contributed by atoms with Crippen LogP contribution in [0.4, 0.5) is 6.01 Å². The van der Waals surface area contributed by atoms with Crippen LogP contribution in [0.3, 0.4) is 0 Å². The highest BCUT2D eigenvalue weighted by molar-refractivity contribution is 6.30. The molecular formula is C14H19ClN4O. The summed E-state index contributed by atoms with van der Waals surface area (Å²) in [6.07, 6.45) is 0. The molecule has 0 aliphatic heterocycles. The first-order valence-corrected chi connectivity index (χ1v) is 7.16. The van der Waals surface area contributed by atoms with E-state index in [9.17, 15) is 0 Å². The van der Waals surface area contributed by atoms with Crippen molar-refractivity contribution in [3.8, 4) is 11.4 Å². The summed E-state index contributed by atoms with van der Waals surface area (Å²) < 4.78 is 5.17. The average molecular weight is 295 g/mol. The minimum absolute atomic E-state index is 0.437. The number of nitrogens with zero attached hydrogens (tertiary/aromatic N) is 3. The Labute approximate surface area is 123 Å². The fourth-order valence-electron chi connectivity index (χ4n) is 1.90. The van der Waals surface area contributed by atoms with Crippen LogP contribution in [-0.4, -0.2) is 41.2 Å². The van der Waals surface area contributed by atoms with Crippen LogP contribution in [0.2, 0.25) is 5.02 Å². The Morgan fingerprint density at radius 2 is 2.10 bits per heavy atom. The molecule has 0 spiro atoms. The maximum atomic E-state index is 5.94. The van der Waals surface area contributed by atoms with Gasteiger partial charge in [-0.15, -0.1) is 0 Å². The molecule has 2 rings (SSSR count). The van der Waals surface area contributed by atoms with Crippen molar-refractivity contribution in [3.63, 3.8) is 0 Å². The van der Waals surface area contributed by atoms with Gasteiger partial charge in [0.1, 0.15) is 0 Å². The second-order valence-electron chi connectivity index (χ2n) is 4.39. The van der Waals surface area contributed by atoms with Crippen LogP contribution in [0.15, 0.2) is 28.8 Å². The molecular weight excluding hydrogens is 276 g/mol. The zero-order chi connectivity index (χ0) is 14.4. The van der Waals surface area contributed by atoms with Gasteiger partial charge in [0.05, 0.1) is 0 Å². The number of nitrogens with one attached hydrogen (secondary N) is 1. The van der Waals surface area contributed by atoms with E-state index in [1.807, 2.05) is 24.3 Å². The minimum atomic E-state index is 0.437. The molecule has 108 valence electrons. The second-order valence-corrected chi connectivity index (χ2v) is 4.82. The van der Waals surface area contributed by atoms with Crippen molar-refractivity contribution in [2.24, 2.45) is 0 Å². The summed E-state index contributed by atoms with van der Waals surface area (Å²) in [5, 5.41) is 7.73. The maximum Gasteiger partial charge on any atom is 0.321 e. The number of benzene rings is 1. The molecule has 6 heteroatoms. The topological polar surface area (TPSA) is 54.2 Å². The van der Waals surface area contributed by atoms with Gasteiger partial charge < -0.3 is 14.7 Å². The van der Waals surface area contributed by atoms with Gasteiger partial charge in [0.25, 0.3) is 0 Å². The maximum absolute atomic E-state index is 5.94. The first-order valence-electron chi connectivity index (χ1n) is 6.78. The van der Waals surface area contributed by atoms with Crippen LogP contribution >= 0.6 is 11.6 Å². The molecule has 0 radical (unpaired) electrons. The van der Waals surface area contributed by atoms with Crippen molar-refractivity contribution < 1.29 is 4.52 Å². The first kappa shape index (κ1) is 14.8. The van der Waals surface area contributed by atoms with Gasteiger partial charge in [-0.1, -0.05) is 42.7 Å². The van der Waals surface area contributed by atoms with E-state index in [4.69, 9.17) is 16.1 Å². The molecule has 0 unspecified atom stereocenters. The molecule has 0 aliphatic rings. The third-order valence-corrected chi connectivity index (χ3v) is 3.34. The molecule has 5 nitrogen and oxygen atoms in total. The number of rotatable bonds is 7. The molecule has 0 amide bonds. The van der Waals surface area contributed by atoms with Crippen molar-refractivity contribution in [1.82, 2.24) is 15.0 Å². The molecule has 1 aromatic carbocycles. The van der Waals surface area contributed by atoms with E-state index in [0.717, 1.165) is 31.7 Å². The Balaban J connectivity index is 1.92. The van der Waals surface area contributed by atoms with Crippen molar-refractivity contribution in [2.45, 2.75) is 13.8 Å². The summed E-state index contributed by atoms with van der Waals surface area (Å²) in [4.78, 5) is 6.62. The molecule has 0 bridgehead atoms. The largest absolute Gasteiger partial charge is 0.336 e. The Kier molecular flexibility index (Phi) is 5.38. The highest BCUT2D eigenvalue weighted by Crippen LogP contribution is 2.20. The fraction of sp³-hybridized carbons (Fsp3) is 0.429. The minimum Gasteiger partial charge on any atom is -0.336 e. The highest BCUT2D eigenvalue weighted by Gasteiger charge is 2.08. The molecule has 0 fully saturated rings. The van der Waals surface area contributed by atoms with Gasteiger partial charge in [0.15, 0.2) is 0 Å². The summed E-state index contributed by atoms with van der Waals surface area (Å²) in [6, 6.07) is 7.82. The van der Waals surface area contributed by atoms with E-state index in [-0.39, 0.29) is 0 Å². The molecule has 0 aliphatic carbocycles. The van der Waals surface area contributed by atoms with E-state index in [0.29, 0.717) is 16.9 Å². The Hall–Kier alpha value is -1.59. The van der Waals surface area contributed by atoms with Crippen molar-refractivity contribution >= 4 is 17.6 Å². The number of aromatic nitrogens is 2. The molecule has 1 aromatic heterocycles. The molecule has 0 saturated heterocycles. The monoisotopic (exact) mass is 294 g/mol. The smallest absolute Gasteiger partial charge is 0.321 e. The van der Waals surface area contributed by atoms with Gasteiger partial charge in [0, 0.05) is 23.7 Å². The van der Waals surface area contributed by atoms with Gasteiger partial charge in [-0.05, 0) is 25.2 Å². The lowest BCUT2D eigenvalue weighted by Gasteiger charge is -2.17. The van der Waals surface area contributed by atoms with Crippen molar-refractivity contribution in [2.75, 3.05) is 31.5 Å². The Morgan fingerprint density at radius 1 is 1.30 bits per heavy atom. The third-order valence-electron chi connectivity index (χ3n) is 3.11. The normalized spacial score (nSPS) is 11.0. The van der Waals surface area contributed by atoms with Crippen LogP contribution in [-0.2, 0) is 0 Å². The van der Waals surface area contributed by atoms with Crippen LogP contribution in [0.1, 0.15) is 13.8 Å². The van der Waals surface area contributed by atoms with Crippen LogP contribution in [0.5, 0.6) is 0 Å². The van der Waals surface area contributed by atoms with E-state index < -0.39 is 0 Å². The summed E-state index contributed by atoms with van der Waals surface area (Å²) in [5.41, 5.74) is 0.845. The zero-order valence-corrected chi connectivity index (χ0v) is 12.5. The Bertz CT molecular complexity index is 539. The predicted molar refractivity (Wildman–Crippen MR) is 81.0 cm³/mol. The molecule has 2 aromatic rings. The molecule has 20 heavy (non-hydrogen) atoms. The van der Waals surface area contributed by atoms with Crippen molar-refractivity contribution in [1.29, 1.82) is 0 Å². The summed E-state index contributed by atoms with van der Waals surface area (Å²) in [7, 11) is 0. The standard InChI is InChI=1S/C14H19ClN4O/c1-3-19(4-2)9-8-16-14-17-13(18-20-14)11-6-5-7-12(15)10-11/h5-7,10H,3-4,8-9H2,1-2H3,(H,16,17,18). The van der Waals surface area contributed by atoms with Gasteiger partial charge >= 0.3 is 6.01 Å². The molecule has 1 heterocycles.